The van der Waals surface area contributed by atoms with Crippen molar-refractivity contribution >= 4 is 23.5 Å². The van der Waals surface area contributed by atoms with Gasteiger partial charge in [0.15, 0.2) is 5.78 Å². The van der Waals surface area contributed by atoms with Gasteiger partial charge < -0.3 is 9.72 Å². The lowest BCUT2D eigenvalue weighted by molar-refractivity contribution is 0.0519. The molecule has 24 heavy (non-hydrogen) atoms. The summed E-state index contributed by atoms with van der Waals surface area (Å²) >= 11 is 0.983. The lowest BCUT2D eigenvalue weighted by atomic mass is 10.1. The molecule has 2 aromatic rings. The zero-order valence-electron chi connectivity index (χ0n) is 13.5. The molecule has 0 saturated heterocycles. The van der Waals surface area contributed by atoms with Crippen LogP contribution < -0.4 is 0 Å². The number of aryl methyl sites for hydroxylation is 1. The standard InChI is InChI=1S/C17H17F2NO3S/c1-4-23-17(22)16-9(2)15(10(3)20-16)13(21)8-24-14-6-5-11(18)7-12(14)19/h5-7,20H,4,8H2,1-3H3. The highest BCUT2D eigenvalue weighted by Gasteiger charge is 2.22. The third-order valence-corrected chi connectivity index (χ3v) is 4.50. The van der Waals surface area contributed by atoms with Crippen molar-refractivity contribution in [1.29, 1.82) is 0 Å². The summed E-state index contributed by atoms with van der Waals surface area (Å²) in [6.07, 6.45) is 0. The monoisotopic (exact) mass is 353 g/mol. The number of Topliss-reactive ketones (excluding diaryl/α,β-unsaturated/α-hetero) is 1. The predicted molar refractivity (Wildman–Crippen MR) is 87.6 cm³/mol. The minimum Gasteiger partial charge on any atom is -0.461 e. The van der Waals surface area contributed by atoms with E-state index in [1.54, 1.807) is 20.8 Å². The van der Waals surface area contributed by atoms with Crippen LogP contribution in [0.15, 0.2) is 23.1 Å². The molecule has 2 rings (SSSR count). The Balaban J connectivity index is 2.16. The minimum atomic E-state index is -0.706. The fraction of sp³-hybridized carbons (Fsp3) is 0.294. The second kappa shape index (κ2) is 7.61. The number of benzene rings is 1. The third-order valence-electron chi connectivity index (χ3n) is 3.45. The maximum atomic E-state index is 13.6. The average molecular weight is 353 g/mol. The van der Waals surface area contributed by atoms with Gasteiger partial charge in [-0.1, -0.05) is 0 Å². The Morgan fingerprint density at radius 2 is 1.96 bits per heavy atom. The molecule has 0 saturated carbocycles. The lowest BCUT2D eigenvalue weighted by Crippen LogP contribution is -2.08. The smallest absolute Gasteiger partial charge is 0.355 e. The number of nitrogens with one attached hydrogen (secondary N) is 1. The number of H-pyrrole nitrogens is 1. The van der Waals surface area contributed by atoms with Crippen LogP contribution in [0.3, 0.4) is 0 Å². The number of thioether (sulfide) groups is 1. The number of carbonyl (C=O) groups is 2. The van der Waals surface area contributed by atoms with Crippen LogP contribution in [0.25, 0.3) is 0 Å². The molecule has 1 N–H and O–H groups in total. The fourth-order valence-corrected chi connectivity index (χ4v) is 3.18. The maximum Gasteiger partial charge on any atom is 0.355 e. The molecule has 0 amide bonds. The molecule has 0 aliphatic carbocycles. The number of ether oxygens (including phenoxy) is 1. The van der Waals surface area contributed by atoms with Gasteiger partial charge in [0.1, 0.15) is 17.3 Å². The molecule has 1 aromatic heterocycles. The molecular weight excluding hydrogens is 336 g/mol. The molecule has 0 fully saturated rings. The second-order valence-electron chi connectivity index (χ2n) is 5.13. The fourth-order valence-electron chi connectivity index (χ4n) is 2.38. The molecule has 0 radical (unpaired) electrons. The molecule has 1 aromatic carbocycles. The highest BCUT2D eigenvalue weighted by Crippen LogP contribution is 2.26. The number of hydrogen-bond acceptors (Lipinski definition) is 4. The Bertz CT molecular complexity index is 786. The Morgan fingerprint density at radius 3 is 2.58 bits per heavy atom. The van der Waals surface area contributed by atoms with Gasteiger partial charge in [0, 0.05) is 22.2 Å². The zero-order valence-corrected chi connectivity index (χ0v) is 14.4. The molecule has 7 heteroatoms. The van der Waals surface area contributed by atoms with Crippen LogP contribution >= 0.6 is 11.8 Å². The summed E-state index contributed by atoms with van der Waals surface area (Å²) in [4.78, 5) is 27.4. The molecular formula is C17H17F2NO3S. The van der Waals surface area contributed by atoms with E-state index in [9.17, 15) is 18.4 Å². The summed E-state index contributed by atoms with van der Waals surface area (Å²) in [6, 6.07) is 3.21. The molecule has 0 aliphatic rings. The maximum absolute atomic E-state index is 13.6. The Morgan fingerprint density at radius 1 is 1.25 bits per heavy atom. The van der Waals surface area contributed by atoms with E-state index in [4.69, 9.17) is 4.74 Å². The SMILES string of the molecule is CCOC(=O)c1[nH]c(C)c(C(=O)CSc2ccc(F)cc2F)c1C. The van der Waals surface area contributed by atoms with Crippen molar-refractivity contribution < 1.29 is 23.1 Å². The zero-order chi connectivity index (χ0) is 17.9. The first-order valence-corrected chi connectivity index (χ1v) is 8.31. The number of halogens is 2. The van der Waals surface area contributed by atoms with Crippen LogP contribution in [0.4, 0.5) is 8.78 Å². The van der Waals surface area contributed by atoms with Crippen molar-refractivity contribution in [3.8, 4) is 0 Å². The van der Waals surface area contributed by atoms with E-state index >= 15 is 0 Å². The average Bonchev–Trinajstić information content (AvgIpc) is 2.81. The van der Waals surface area contributed by atoms with Crippen LogP contribution in [0.1, 0.15) is 39.0 Å². The summed E-state index contributed by atoms with van der Waals surface area (Å²) < 4.78 is 31.5. The largest absolute Gasteiger partial charge is 0.461 e. The summed E-state index contributed by atoms with van der Waals surface area (Å²) in [5.41, 5.74) is 1.71. The van der Waals surface area contributed by atoms with Gasteiger partial charge in [-0.3, -0.25) is 4.79 Å². The van der Waals surface area contributed by atoms with Crippen molar-refractivity contribution in [2.24, 2.45) is 0 Å². The highest BCUT2D eigenvalue weighted by molar-refractivity contribution is 8.00. The normalized spacial score (nSPS) is 10.7. The molecule has 128 valence electrons. The van der Waals surface area contributed by atoms with Crippen LogP contribution in [-0.2, 0) is 4.74 Å². The molecule has 0 spiro atoms. The van der Waals surface area contributed by atoms with E-state index in [0.717, 1.165) is 23.9 Å². The van der Waals surface area contributed by atoms with Gasteiger partial charge in [-0.2, -0.15) is 0 Å². The van der Waals surface area contributed by atoms with Crippen LogP contribution in [0.2, 0.25) is 0 Å². The first-order valence-electron chi connectivity index (χ1n) is 7.32. The number of carbonyl (C=O) groups excluding carboxylic acids is 2. The van der Waals surface area contributed by atoms with Gasteiger partial charge in [0.2, 0.25) is 0 Å². The van der Waals surface area contributed by atoms with Gasteiger partial charge in [-0.05, 0) is 38.5 Å². The van der Waals surface area contributed by atoms with E-state index < -0.39 is 17.6 Å². The van der Waals surface area contributed by atoms with Crippen molar-refractivity contribution in [2.45, 2.75) is 25.7 Å². The van der Waals surface area contributed by atoms with E-state index in [0.29, 0.717) is 16.8 Å². The number of hydrogen-bond donors (Lipinski definition) is 1. The predicted octanol–water partition coefficient (Wildman–Crippen LogP) is 4.06. The quantitative estimate of drug-likeness (QED) is 0.483. The number of esters is 1. The van der Waals surface area contributed by atoms with E-state index in [-0.39, 0.29) is 28.7 Å². The van der Waals surface area contributed by atoms with E-state index in [1.165, 1.54) is 6.07 Å². The van der Waals surface area contributed by atoms with Crippen LogP contribution in [0, 0.1) is 25.5 Å². The molecule has 0 unspecified atom stereocenters. The van der Waals surface area contributed by atoms with E-state index in [1.807, 2.05) is 0 Å². The topological polar surface area (TPSA) is 59.2 Å². The van der Waals surface area contributed by atoms with Crippen molar-refractivity contribution in [1.82, 2.24) is 4.98 Å². The number of ketones is 1. The Kier molecular flexibility index (Phi) is 5.77. The Labute approximate surface area is 142 Å². The van der Waals surface area contributed by atoms with Crippen molar-refractivity contribution in [3.05, 3.63) is 52.3 Å². The summed E-state index contributed by atoms with van der Waals surface area (Å²) in [7, 11) is 0. The number of aromatic amines is 1. The summed E-state index contributed by atoms with van der Waals surface area (Å²) in [6.45, 7) is 5.28. The lowest BCUT2D eigenvalue weighted by Gasteiger charge is -2.04. The molecule has 0 atom stereocenters. The highest BCUT2D eigenvalue weighted by atomic mass is 32.2. The van der Waals surface area contributed by atoms with Crippen LogP contribution in [0.5, 0.6) is 0 Å². The van der Waals surface area contributed by atoms with Crippen molar-refractivity contribution in [3.63, 3.8) is 0 Å². The number of aromatic nitrogens is 1. The first-order chi connectivity index (χ1) is 11.3. The molecule has 1 heterocycles. The summed E-state index contributed by atoms with van der Waals surface area (Å²) in [5, 5.41) is 0. The first kappa shape index (κ1) is 18.2. The molecule has 0 bridgehead atoms. The van der Waals surface area contributed by atoms with Gasteiger partial charge in [0.05, 0.1) is 12.4 Å². The van der Waals surface area contributed by atoms with E-state index in [2.05, 4.69) is 4.98 Å². The van der Waals surface area contributed by atoms with Gasteiger partial charge >= 0.3 is 5.97 Å². The minimum absolute atomic E-state index is 0.0235. The van der Waals surface area contributed by atoms with Crippen molar-refractivity contribution in [2.75, 3.05) is 12.4 Å². The van der Waals surface area contributed by atoms with Crippen LogP contribution in [-0.4, -0.2) is 29.1 Å². The second-order valence-corrected chi connectivity index (χ2v) is 6.15. The molecule has 0 aliphatic heterocycles. The number of rotatable bonds is 6. The van der Waals surface area contributed by atoms with Gasteiger partial charge in [-0.15, -0.1) is 11.8 Å². The summed E-state index contributed by atoms with van der Waals surface area (Å²) in [5.74, 6) is -2.16. The third kappa shape index (κ3) is 3.84. The van der Waals surface area contributed by atoms with Gasteiger partial charge in [0.25, 0.3) is 0 Å². The van der Waals surface area contributed by atoms with Gasteiger partial charge in [-0.25, -0.2) is 13.6 Å². The Hall–Kier alpha value is -2.15. The molecule has 4 nitrogen and oxygen atoms in total.